The second-order valence-electron chi connectivity index (χ2n) is 7.41. The fourth-order valence-electron chi connectivity index (χ4n) is 3.27. The van der Waals surface area contributed by atoms with Gasteiger partial charge in [0.1, 0.15) is 5.56 Å². The first-order chi connectivity index (χ1) is 16.1. The molecule has 0 saturated carbocycles. The monoisotopic (exact) mass is 515 g/mol. The van der Waals surface area contributed by atoms with Crippen LogP contribution in [0.3, 0.4) is 0 Å². The van der Waals surface area contributed by atoms with Gasteiger partial charge in [-0.2, -0.15) is 4.57 Å². The van der Waals surface area contributed by atoms with E-state index in [0.717, 1.165) is 0 Å². The lowest BCUT2D eigenvalue weighted by Gasteiger charge is -2.06. The molecule has 0 atom stereocenters. The van der Waals surface area contributed by atoms with Gasteiger partial charge in [0.2, 0.25) is 12.3 Å². The smallest absolute Gasteiger partial charge is 0.261 e. The fourth-order valence-corrected chi connectivity index (χ4v) is 3.27. The Hall–Kier alpha value is -4.10. The zero-order valence-corrected chi connectivity index (χ0v) is 19.7. The highest BCUT2D eigenvalue weighted by Crippen LogP contribution is 2.12. The van der Waals surface area contributed by atoms with Crippen LogP contribution in [0.15, 0.2) is 109 Å². The predicted molar refractivity (Wildman–Crippen MR) is 126 cm³/mol. The Morgan fingerprint density at radius 2 is 1.12 bits per heavy atom. The number of Topliss-reactive ketones (excluding diaryl/α,β-unsaturated/α-hetero) is 1. The van der Waals surface area contributed by atoms with Crippen LogP contribution in [0.25, 0.3) is 0 Å². The first-order valence-electron chi connectivity index (χ1n) is 10.4. The minimum absolute atomic E-state index is 0. The maximum Gasteiger partial charge on any atom is 0.261 e. The summed E-state index contributed by atoms with van der Waals surface area (Å²) in [5.74, 6) is -0.570. The van der Waals surface area contributed by atoms with Crippen molar-refractivity contribution in [2.75, 3.05) is 10.6 Å². The molecule has 7 heteroatoms. The van der Waals surface area contributed by atoms with E-state index in [-0.39, 0.29) is 41.1 Å². The highest BCUT2D eigenvalue weighted by atomic mass is 79.9. The molecule has 0 aliphatic rings. The van der Waals surface area contributed by atoms with Gasteiger partial charge in [-0.3, -0.25) is 14.4 Å². The Balaban J connectivity index is 0.00000324. The summed E-state index contributed by atoms with van der Waals surface area (Å²) in [5.41, 5.74) is 2.83. The molecule has 0 radical (unpaired) electrons. The molecule has 2 amide bonds. The van der Waals surface area contributed by atoms with Gasteiger partial charge in [0.05, 0.1) is 0 Å². The molecule has 6 nitrogen and oxygen atoms in total. The van der Waals surface area contributed by atoms with Gasteiger partial charge >= 0.3 is 0 Å². The lowest BCUT2D eigenvalue weighted by Crippen LogP contribution is -3.00. The lowest BCUT2D eigenvalue weighted by atomic mass is 10.1. The van der Waals surface area contributed by atoms with Crippen LogP contribution in [-0.4, -0.2) is 17.6 Å². The van der Waals surface area contributed by atoms with Gasteiger partial charge < -0.3 is 27.6 Å². The predicted octanol–water partition coefficient (Wildman–Crippen LogP) is 1.37. The molecule has 4 aromatic rings. The van der Waals surface area contributed by atoms with E-state index >= 15 is 0 Å². The summed E-state index contributed by atoms with van der Waals surface area (Å²) in [5, 5.41) is 5.65. The molecule has 0 aliphatic carbocycles. The fraction of sp³-hybridized carbons (Fsp3) is 0.0370. The third-order valence-corrected chi connectivity index (χ3v) is 4.98. The molecule has 2 N–H and O–H groups in total. The maximum absolute atomic E-state index is 12.7. The van der Waals surface area contributed by atoms with E-state index in [9.17, 15) is 14.4 Å². The number of amides is 2. The molecule has 0 spiro atoms. The van der Waals surface area contributed by atoms with Crippen molar-refractivity contribution in [3.8, 4) is 0 Å². The average Bonchev–Trinajstić information content (AvgIpc) is 2.86. The van der Waals surface area contributed by atoms with Gasteiger partial charge in [0, 0.05) is 28.6 Å². The van der Waals surface area contributed by atoms with Gasteiger partial charge in [0.15, 0.2) is 12.4 Å². The van der Waals surface area contributed by atoms with E-state index in [1.807, 2.05) is 36.4 Å². The Bertz CT molecular complexity index is 1280. The third kappa shape index (κ3) is 6.46. The van der Waals surface area contributed by atoms with E-state index in [2.05, 4.69) is 10.6 Å². The molecule has 34 heavy (non-hydrogen) atoms. The summed E-state index contributed by atoms with van der Waals surface area (Å²) >= 11 is 0. The van der Waals surface area contributed by atoms with Crippen molar-refractivity contribution < 1.29 is 35.9 Å². The van der Waals surface area contributed by atoms with Gasteiger partial charge in [-0.05, 0) is 54.6 Å². The third-order valence-electron chi connectivity index (χ3n) is 4.98. The van der Waals surface area contributed by atoms with Gasteiger partial charge in [0.25, 0.3) is 11.8 Å². The van der Waals surface area contributed by atoms with Crippen molar-refractivity contribution >= 4 is 29.0 Å². The van der Waals surface area contributed by atoms with Crippen molar-refractivity contribution in [1.82, 2.24) is 0 Å². The Kier molecular flexibility index (Phi) is 8.43. The number of nitrogens with zero attached hydrogens (tertiary/aromatic N) is 1. The summed E-state index contributed by atoms with van der Waals surface area (Å²) < 4.78 is 1.67. The van der Waals surface area contributed by atoms with Crippen LogP contribution in [0.1, 0.15) is 31.1 Å². The molecule has 0 bridgehead atoms. The van der Waals surface area contributed by atoms with E-state index in [0.29, 0.717) is 28.1 Å². The quantitative estimate of drug-likeness (QED) is 0.288. The van der Waals surface area contributed by atoms with Crippen LogP contribution < -0.4 is 32.2 Å². The highest BCUT2D eigenvalue weighted by Gasteiger charge is 2.16. The Morgan fingerprint density at radius 1 is 0.588 bits per heavy atom. The molecular weight excluding hydrogens is 494 g/mol. The van der Waals surface area contributed by atoms with E-state index in [1.54, 1.807) is 77.6 Å². The molecule has 1 aromatic heterocycles. The second-order valence-corrected chi connectivity index (χ2v) is 7.41. The number of hydrogen-bond donors (Lipinski definition) is 2. The number of nitrogens with one attached hydrogen (secondary N) is 2. The first kappa shape index (κ1) is 24.5. The molecule has 0 unspecified atom stereocenters. The molecule has 4 rings (SSSR count). The standard InChI is InChI=1S/C27H21N3O3.BrH/c31-25(20-13-15-24(16-14-20)29-26(32)21-8-3-1-4-9-21)19-30-17-7-10-22(18-30)27(33)28-23-11-5-2-6-12-23;/h1-18H,19H2,(H-,28,29,31,32,33);1H. The van der Waals surface area contributed by atoms with Crippen LogP contribution in [0.2, 0.25) is 0 Å². The van der Waals surface area contributed by atoms with Crippen molar-refractivity contribution in [1.29, 1.82) is 0 Å². The maximum atomic E-state index is 12.7. The zero-order valence-electron chi connectivity index (χ0n) is 18.1. The zero-order chi connectivity index (χ0) is 23.0. The minimum Gasteiger partial charge on any atom is -1.00 e. The van der Waals surface area contributed by atoms with Crippen LogP contribution in [0.5, 0.6) is 0 Å². The highest BCUT2D eigenvalue weighted by molar-refractivity contribution is 6.05. The second kappa shape index (κ2) is 11.7. The molecular formula is C27H22BrN3O3. The van der Waals surface area contributed by atoms with Gasteiger partial charge in [-0.15, -0.1) is 0 Å². The van der Waals surface area contributed by atoms with E-state index < -0.39 is 0 Å². The number of pyridine rings is 1. The number of ketones is 1. The number of rotatable bonds is 7. The normalized spacial score (nSPS) is 10.0. The van der Waals surface area contributed by atoms with Crippen LogP contribution in [0, 0.1) is 0 Å². The van der Waals surface area contributed by atoms with Crippen LogP contribution >= 0.6 is 0 Å². The van der Waals surface area contributed by atoms with Crippen LogP contribution in [0.4, 0.5) is 11.4 Å². The molecule has 1 heterocycles. The summed E-state index contributed by atoms with van der Waals surface area (Å²) in [6.07, 6.45) is 3.39. The Morgan fingerprint density at radius 3 is 1.76 bits per heavy atom. The number of hydrogen-bond acceptors (Lipinski definition) is 3. The Labute approximate surface area is 208 Å². The summed E-state index contributed by atoms with van der Waals surface area (Å²) in [6, 6.07) is 28.3. The van der Waals surface area contributed by atoms with Crippen molar-refractivity contribution in [2.24, 2.45) is 0 Å². The summed E-state index contributed by atoms with van der Waals surface area (Å²) in [7, 11) is 0. The number of carbonyl (C=O) groups is 3. The molecule has 0 saturated heterocycles. The minimum atomic E-state index is -0.249. The first-order valence-corrected chi connectivity index (χ1v) is 10.4. The summed E-state index contributed by atoms with van der Waals surface area (Å²) in [6.45, 7) is 0.0855. The SMILES string of the molecule is O=C(C[n+]1cccc(C(=O)Nc2ccccc2)c1)c1ccc(NC(=O)c2ccccc2)cc1.[Br-]. The largest absolute Gasteiger partial charge is 1.00 e. The number of para-hydroxylation sites is 1. The van der Waals surface area contributed by atoms with Gasteiger partial charge in [-0.25, -0.2) is 0 Å². The van der Waals surface area contributed by atoms with Crippen molar-refractivity contribution in [3.63, 3.8) is 0 Å². The average molecular weight is 516 g/mol. The number of benzene rings is 3. The van der Waals surface area contributed by atoms with E-state index in [4.69, 9.17) is 0 Å². The van der Waals surface area contributed by atoms with E-state index in [1.165, 1.54) is 0 Å². The van der Waals surface area contributed by atoms with Crippen molar-refractivity contribution in [3.05, 3.63) is 126 Å². The number of carbonyl (C=O) groups excluding carboxylic acids is 3. The topological polar surface area (TPSA) is 79.2 Å². The van der Waals surface area contributed by atoms with Crippen molar-refractivity contribution in [2.45, 2.75) is 6.54 Å². The molecule has 170 valence electrons. The number of anilines is 2. The lowest BCUT2D eigenvalue weighted by molar-refractivity contribution is -0.683. The molecule has 0 aliphatic heterocycles. The number of aromatic nitrogens is 1. The number of halogens is 1. The van der Waals surface area contributed by atoms with Gasteiger partial charge in [-0.1, -0.05) is 36.4 Å². The van der Waals surface area contributed by atoms with Crippen LogP contribution in [-0.2, 0) is 6.54 Å². The molecule has 3 aromatic carbocycles. The summed E-state index contributed by atoms with van der Waals surface area (Å²) in [4.78, 5) is 37.5. The molecule has 0 fully saturated rings.